The highest BCUT2D eigenvalue weighted by atomic mass is 16.6. The molecular formula is C26H22N4O5. The predicted octanol–water partition coefficient (Wildman–Crippen LogP) is 4.76. The first kappa shape index (κ1) is 22.1. The van der Waals surface area contributed by atoms with Crippen molar-refractivity contribution in [3.05, 3.63) is 112 Å². The van der Waals surface area contributed by atoms with E-state index < -0.39 is 17.1 Å². The molecular weight excluding hydrogens is 448 g/mol. The molecule has 2 unspecified atom stereocenters. The van der Waals surface area contributed by atoms with Crippen LogP contribution < -0.4 is 10.4 Å². The molecule has 0 saturated carbocycles. The van der Waals surface area contributed by atoms with Crippen LogP contribution in [0.25, 0.3) is 11.8 Å². The Hall–Kier alpha value is -4.76. The molecule has 0 amide bonds. The molecule has 3 aromatic carbocycles. The molecule has 0 radical (unpaired) electrons. The van der Waals surface area contributed by atoms with Crippen LogP contribution in [-0.4, -0.2) is 30.9 Å². The van der Waals surface area contributed by atoms with Gasteiger partial charge < -0.3 is 15.3 Å². The van der Waals surface area contributed by atoms with Crippen LogP contribution in [0, 0.1) is 10.1 Å². The summed E-state index contributed by atoms with van der Waals surface area (Å²) in [5.41, 5.74) is 5.41. The topological polar surface area (TPSA) is 124 Å². The van der Waals surface area contributed by atoms with Gasteiger partial charge >= 0.3 is 0 Å². The molecule has 35 heavy (non-hydrogen) atoms. The monoisotopic (exact) mass is 470 g/mol. The maximum atomic E-state index is 11.3. The Balaban J connectivity index is 1.61. The summed E-state index contributed by atoms with van der Waals surface area (Å²) >= 11 is 0. The fraction of sp³-hybridized carbons (Fsp3) is 0.0769. The van der Waals surface area contributed by atoms with Crippen molar-refractivity contribution in [3.63, 3.8) is 0 Å². The molecule has 5 rings (SSSR count). The number of hydrogen-bond acceptors (Lipinski definition) is 7. The van der Waals surface area contributed by atoms with Gasteiger partial charge in [0.2, 0.25) is 11.8 Å². The van der Waals surface area contributed by atoms with E-state index in [1.807, 2.05) is 24.3 Å². The molecule has 9 heteroatoms. The fourth-order valence-corrected chi connectivity index (χ4v) is 4.22. The highest BCUT2D eigenvalue weighted by Crippen LogP contribution is 2.48. The number of aromatic hydroxyl groups is 2. The van der Waals surface area contributed by atoms with E-state index in [0.29, 0.717) is 22.5 Å². The van der Waals surface area contributed by atoms with E-state index in [9.17, 15) is 25.4 Å². The van der Waals surface area contributed by atoms with E-state index in [-0.39, 0.29) is 23.1 Å². The summed E-state index contributed by atoms with van der Waals surface area (Å²) in [6.45, 7) is 0. The van der Waals surface area contributed by atoms with Gasteiger partial charge in [-0.15, -0.1) is 0 Å². The van der Waals surface area contributed by atoms with Gasteiger partial charge in [-0.2, -0.15) is 0 Å². The Morgan fingerprint density at radius 3 is 2.14 bits per heavy atom. The van der Waals surface area contributed by atoms with Crippen molar-refractivity contribution in [2.75, 3.05) is 10.4 Å². The minimum atomic E-state index is -0.993. The molecule has 1 aromatic heterocycles. The highest BCUT2D eigenvalue weighted by molar-refractivity contribution is 5.83. The maximum absolute atomic E-state index is 11.3. The number of para-hydroxylation sites is 1. The first-order valence-electron chi connectivity index (χ1n) is 10.9. The van der Waals surface area contributed by atoms with Gasteiger partial charge in [0.1, 0.15) is 11.8 Å². The summed E-state index contributed by atoms with van der Waals surface area (Å²) in [5, 5.41) is 46.1. The summed E-state index contributed by atoms with van der Waals surface area (Å²) in [7, 11) is 0. The summed E-state index contributed by atoms with van der Waals surface area (Å²) in [6, 6.07) is 23.1. The number of non-ortho nitro benzene ring substituents is 1. The van der Waals surface area contributed by atoms with Crippen LogP contribution in [0.2, 0.25) is 0 Å². The lowest BCUT2D eigenvalue weighted by Crippen LogP contribution is -2.44. The summed E-state index contributed by atoms with van der Waals surface area (Å²) < 4.78 is 1.32. The number of hydrazine groups is 1. The van der Waals surface area contributed by atoms with Crippen LogP contribution in [0.15, 0.2) is 91.0 Å². The quantitative estimate of drug-likeness (QED) is 0.237. The average molecular weight is 470 g/mol. The number of nitro groups is 1. The van der Waals surface area contributed by atoms with Gasteiger partial charge in [0.05, 0.1) is 27.9 Å². The minimum Gasteiger partial charge on any atom is -0.494 e. The van der Waals surface area contributed by atoms with Gasteiger partial charge in [-0.25, -0.2) is 4.57 Å². The van der Waals surface area contributed by atoms with Gasteiger partial charge in [0, 0.05) is 12.1 Å². The zero-order valence-electron chi connectivity index (χ0n) is 18.4. The number of aliphatic hydroxyl groups excluding tert-OH is 1. The van der Waals surface area contributed by atoms with Crippen LogP contribution in [0.4, 0.5) is 17.1 Å². The average Bonchev–Trinajstić information content (AvgIpc) is 3.15. The van der Waals surface area contributed by atoms with E-state index in [0.717, 1.165) is 0 Å². The zero-order valence-corrected chi connectivity index (χ0v) is 18.4. The number of nitrogens with zero attached hydrogens (tertiary/aromatic N) is 3. The number of benzene rings is 3. The molecule has 0 spiro atoms. The van der Waals surface area contributed by atoms with Crippen molar-refractivity contribution < 1.29 is 20.2 Å². The van der Waals surface area contributed by atoms with Gasteiger partial charge in [-0.1, -0.05) is 54.6 Å². The lowest BCUT2D eigenvalue weighted by Gasteiger charge is -2.37. The number of nitro benzene ring substituents is 1. The Labute approximate surface area is 200 Å². The third-order valence-electron chi connectivity index (χ3n) is 5.94. The van der Waals surface area contributed by atoms with Crippen LogP contribution in [0.1, 0.15) is 17.2 Å². The summed E-state index contributed by atoms with van der Waals surface area (Å²) in [6.07, 6.45) is 2.40. The van der Waals surface area contributed by atoms with Gasteiger partial charge in [0.15, 0.2) is 0 Å². The molecule has 1 aliphatic heterocycles. The Morgan fingerprint density at radius 2 is 1.51 bits per heavy atom. The zero-order chi connectivity index (χ0) is 24.5. The molecule has 0 saturated heterocycles. The number of fused-ring (bicyclic) bond motifs is 1. The fourth-order valence-electron chi connectivity index (χ4n) is 4.22. The second-order valence-electron chi connectivity index (χ2n) is 8.07. The van der Waals surface area contributed by atoms with Crippen LogP contribution >= 0.6 is 0 Å². The molecule has 0 bridgehead atoms. The number of aromatic nitrogens is 1. The second kappa shape index (κ2) is 8.88. The Kier molecular flexibility index (Phi) is 5.60. The van der Waals surface area contributed by atoms with Gasteiger partial charge in [-0.05, 0) is 35.9 Å². The standard InChI is InChI=1S/C26H22N4O5/c31-24(17-7-3-1-4-8-17)22-16-15-21-23(26(33)28(25(21)32)19-9-5-2-6-10-19)29(22)27-18-11-13-20(14-12-18)30(34)35/h1-16,22,24,27,31-33H. The maximum Gasteiger partial charge on any atom is 0.269 e. The van der Waals surface area contributed by atoms with Crippen LogP contribution in [0.3, 0.4) is 0 Å². The SMILES string of the molecule is O=[N+]([O-])c1ccc(NN2c3c(c(O)n(-c4ccccc4)c3O)C=CC2C(O)c2ccccc2)cc1. The van der Waals surface area contributed by atoms with E-state index in [1.54, 1.807) is 53.6 Å². The third kappa shape index (κ3) is 3.94. The smallest absolute Gasteiger partial charge is 0.269 e. The predicted molar refractivity (Wildman–Crippen MR) is 133 cm³/mol. The number of rotatable bonds is 6. The summed E-state index contributed by atoms with van der Waals surface area (Å²) in [5.74, 6) is -0.393. The molecule has 4 aromatic rings. The first-order valence-corrected chi connectivity index (χ1v) is 10.9. The van der Waals surface area contributed by atoms with Crippen molar-refractivity contribution in [1.82, 2.24) is 4.57 Å². The third-order valence-corrected chi connectivity index (χ3v) is 5.94. The van der Waals surface area contributed by atoms with E-state index in [2.05, 4.69) is 5.43 Å². The number of aliphatic hydroxyl groups is 1. The Morgan fingerprint density at radius 1 is 0.886 bits per heavy atom. The van der Waals surface area contributed by atoms with Crippen molar-refractivity contribution in [2.24, 2.45) is 0 Å². The number of anilines is 2. The minimum absolute atomic E-state index is 0.0635. The van der Waals surface area contributed by atoms with Crippen molar-refractivity contribution in [2.45, 2.75) is 12.1 Å². The van der Waals surface area contributed by atoms with Crippen LogP contribution in [0.5, 0.6) is 11.8 Å². The van der Waals surface area contributed by atoms with E-state index in [4.69, 9.17) is 0 Å². The molecule has 9 nitrogen and oxygen atoms in total. The Bertz CT molecular complexity index is 1390. The number of nitrogens with one attached hydrogen (secondary N) is 1. The van der Waals surface area contributed by atoms with E-state index >= 15 is 0 Å². The van der Waals surface area contributed by atoms with Crippen LogP contribution in [-0.2, 0) is 0 Å². The normalized spacial score (nSPS) is 15.5. The molecule has 2 heterocycles. The molecule has 0 aliphatic carbocycles. The lowest BCUT2D eigenvalue weighted by molar-refractivity contribution is -0.384. The molecule has 0 fully saturated rings. The molecule has 1 aliphatic rings. The van der Waals surface area contributed by atoms with Gasteiger partial charge in [0.25, 0.3) is 5.69 Å². The molecule has 4 N–H and O–H groups in total. The van der Waals surface area contributed by atoms with E-state index in [1.165, 1.54) is 28.8 Å². The molecule has 176 valence electrons. The van der Waals surface area contributed by atoms with Crippen molar-refractivity contribution in [1.29, 1.82) is 0 Å². The largest absolute Gasteiger partial charge is 0.494 e. The highest BCUT2D eigenvalue weighted by Gasteiger charge is 2.36. The van der Waals surface area contributed by atoms with Gasteiger partial charge in [-0.3, -0.25) is 20.5 Å². The second-order valence-corrected chi connectivity index (χ2v) is 8.07. The van der Waals surface area contributed by atoms with Crippen molar-refractivity contribution >= 4 is 23.1 Å². The summed E-state index contributed by atoms with van der Waals surface area (Å²) in [4.78, 5) is 10.6. The first-order chi connectivity index (χ1) is 17.0. The lowest BCUT2D eigenvalue weighted by atomic mass is 9.97. The van der Waals surface area contributed by atoms with Crippen molar-refractivity contribution in [3.8, 4) is 17.4 Å². The molecule has 2 atom stereocenters. The number of hydrogen-bond donors (Lipinski definition) is 4.